The van der Waals surface area contributed by atoms with Crippen molar-refractivity contribution in [2.45, 2.75) is 45.5 Å². The summed E-state index contributed by atoms with van der Waals surface area (Å²) in [6.07, 6.45) is 1.41. The minimum absolute atomic E-state index is 0.0381. The smallest absolute Gasteiger partial charge is 0.192 e. The van der Waals surface area contributed by atoms with Gasteiger partial charge in [-0.2, -0.15) is 0 Å². The first-order valence-corrected chi connectivity index (χ1v) is 9.11. The molecule has 0 aliphatic rings. The molecule has 0 aliphatic heterocycles. The number of hydrogen-bond donors (Lipinski definition) is 0. The Balaban J connectivity index is 2.91. The maximum Gasteiger partial charge on any atom is 0.192 e. The van der Waals surface area contributed by atoms with Crippen LogP contribution < -0.4 is 0 Å². The second-order valence-electron chi connectivity index (χ2n) is 6.09. The first kappa shape index (κ1) is 16.0. The fourth-order valence-electron chi connectivity index (χ4n) is 1.27. The van der Waals surface area contributed by atoms with Gasteiger partial charge in [-0.05, 0) is 24.2 Å². The predicted molar refractivity (Wildman–Crippen MR) is 75.9 cm³/mol. The van der Waals surface area contributed by atoms with Crippen LogP contribution in [0.25, 0.3) is 0 Å². The standard InChI is InChI=1S/C14H21FNO2Si/c1-10(17)11-7-8-16-12(13(11)15)9-18-19(5,6)14(2,3)4/h7-8H,1,9H2,2-6H3. The van der Waals surface area contributed by atoms with Gasteiger partial charge in [-0.1, -0.05) is 20.8 Å². The van der Waals surface area contributed by atoms with Crippen LogP contribution in [0.1, 0.15) is 36.8 Å². The van der Waals surface area contributed by atoms with E-state index in [9.17, 15) is 9.18 Å². The van der Waals surface area contributed by atoms with E-state index in [4.69, 9.17) is 4.43 Å². The van der Waals surface area contributed by atoms with Gasteiger partial charge in [0.1, 0.15) is 5.69 Å². The van der Waals surface area contributed by atoms with Gasteiger partial charge in [0.15, 0.2) is 19.9 Å². The summed E-state index contributed by atoms with van der Waals surface area (Å²) in [6, 6.07) is 1.33. The molecule has 0 saturated carbocycles. The molecule has 3 nitrogen and oxygen atoms in total. The van der Waals surface area contributed by atoms with E-state index in [1.54, 1.807) is 0 Å². The van der Waals surface area contributed by atoms with Crippen molar-refractivity contribution in [1.29, 1.82) is 0 Å². The molecular weight excluding hydrogens is 261 g/mol. The molecule has 1 aromatic rings. The molecule has 0 amide bonds. The summed E-state index contributed by atoms with van der Waals surface area (Å²) in [5, 5.41) is 0.0449. The van der Waals surface area contributed by atoms with E-state index >= 15 is 0 Å². The third-order valence-corrected chi connectivity index (χ3v) is 8.12. The highest BCUT2D eigenvalue weighted by molar-refractivity contribution is 6.74. The first-order valence-electron chi connectivity index (χ1n) is 6.20. The number of ketones is 1. The molecule has 0 aliphatic carbocycles. The van der Waals surface area contributed by atoms with Gasteiger partial charge in [-0.3, -0.25) is 9.78 Å². The minimum Gasteiger partial charge on any atom is -0.411 e. The summed E-state index contributed by atoms with van der Waals surface area (Å²) in [6.45, 7) is 13.8. The van der Waals surface area contributed by atoms with Crippen LogP contribution in [0.15, 0.2) is 12.3 Å². The van der Waals surface area contributed by atoms with Crippen molar-refractivity contribution in [3.63, 3.8) is 0 Å². The van der Waals surface area contributed by atoms with Crippen molar-refractivity contribution < 1.29 is 13.6 Å². The summed E-state index contributed by atoms with van der Waals surface area (Å²) >= 11 is 0. The lowest BCUT2D eigenvalue weighted by molar-refractivity contribution is 0.104. The molecule has 1 aromatic heterocycles. The Kier molecular flexibility index (Phi) is 4.63. The average molecular weight is 282 g/mol. The molecule has 19 heavy (non-hydrogen) atoms. The van der Waals surface area contributed by atoms with Gasteiger partial charge in [0.05, 0.1) is 12.2 Å². The van der Waals surface area contributed by atoms with Crippen molar-refractivity contribution >= 4 is 14.1 Å². The summed E-state index contributed by atoms with van der Waals surface area (Å²) in [5.74, 6) is -1.17. The van der Waals surface area contributed by atoms with Crippen LogP contribution in [0.2, 0.25) is 18.1 Å². The van der Waals surface area contributed by atoms with Crippen molar-refractivity contribution in [3.05, 3.63) is 36.3 Å². The van der Waals surface area contributed by atoms with E-state index in [0.29, 0.717) is 0 Å². The molecule has 1 rings (SSSR count). The SMILES string of the molecule is [CH2]C(=O)c1ccnc(CO[Si](C)(C)C(C)(C)C)c1F. The van der Waals surface area contributed by atoms with Crippen molar-refractivity contribution in [2.75, 3.05) is 0 Å². The number of halogens is 1. The van der Waals surface area contributed by atoms with Gasteiger partial charge in [-0.15, -0.1) is 0 Å². The summed E-state index contributed by atoms with van der Waals surface area (Å²) < 4.78 is 19.9. The van der Waals surface area contributed by atoms with E-state index in [2.05, 4.69) is 45.8 Å². The number of carbonyl (C=O) groups excluding carboxylic acids is 1. The predicted octanol–water partition coefficient (Wildman–Crippen LogP) is 3.76. The summed E-state index contributed by atoms with van der Waals surface area (Å²) in [5.41, 5.74) is 0.128. The Labute approximate surface area is 115 Å². The molecule has 1 heterocycles. The molecule has 0 bridgehead atoms. The van der Waals surface area contributed by atoms with Gasteiger partial charge in [-0.25, -0.2) is 4.39 Å². The molecule has 5 heteroatoms. The lowest BCUT2D eigenvalue weighted by Gasteiger charge is -2.36. The topological polar surface area (TPSA) is 39.2 Å². The van der Waals surface area contributed by atoms with E-state index in [0.717, 1.165) is 0 Å². The highest BCUT2D eigenvalue weighted by atomic mass is 28.4. The van der Waals surface area contributed by atoms with Crippen LogP contribution in [0.4, 0.5) is 4.39 Å². The first-order chi connectivity index (χ1) is 8.56. The molecule has 0 fully saturated rings. The number of pyridine rings is 1. The third-order valence-electron chi connectivity index (χ3n) is 3.64. The van der Waals surface area contributed by atoms with Crippen LogP contribution in [0.3, 0.4) is 0 Å². The molecule has 0 N–H and O–H groups in total. The van der Waals surface area contributed by atoms with Gasteiger partial charge in [0, 0.05) is 13.1 Å². The van der Waals surface area contributed by atoms with E-state index < -0.39 is 19.9 Å². The zero-order chi connectivity index (χ0) is 14.8. The highest BCUT2D eigenvalue weighted by Crippen LogP contribution is 2.37. The summed E-state index contributed by atoms with van der Waals surface area (Å²) in [7, 11) is -1.96. The maximum absolute atomic E-state index is 14.0. The Bertz CT molecular complexity index is 481. The third kappa shape index (κ3) is 3.70. The zero-order valence-electron chi connectivity index (χ0n) is 12.2. The monoisotopic (exact) mass is 282 g/mol. The number of carbonyl (C=O) groups is 1. The quantitative estimate of drug-likeness (QED) is 0.623. The van der Waals surface area contributed by atoms with Gasteiger partial charge in [0.2, 0.25) is 0 Å². The number of rotatable bonds is 4. The normalized spacial score (nSPS) is 12.6. The second-order valence-corrected chi connectivity index (χ2v) is 10.9. The van der Waals surface area contributed by atoms with E-state index in [1.165, 1.54) is 12.3 Å². The molecule has 0 aromatic carbocycles. The number of hydrogen-bond acceptors (Lipinski definition) is 3. The lowest BCUT2D eigenvalue weighted by atomic mass is 10.1. The fraction of sp³-hybridized carbons (Fsp3) is 0.500. The number of Topliss-reactive ketones (excluding diaryl/α,β-unsaturated/α-hetero) is 1. The van der Waals surface area contributed by atoms with Crippen LogP contribution in [-0.2, 0) is 11.0 Å². The molecule has 0 unspecified atom stereocenters. The highest BCUT2D eigenvalue weighted by Gasteiger charge is 2.37. The van der Waals surface area contributed by atoms with E-state index in [-0.39, 0.29) is 22.9 Å². The molecule has 0 saturated heterocycles. The molecule has 1 radical (unpaired) electrons. The molecular formula is C14H21FNO2Si. The van der Waals surface area contributed by atoms with Crippen LogP contribution in [0.5, 0.6) is 0 Å². The zero-order valence-corrected chi connectivity index (χ0v) is 13.2. The largest absolute Gasteiger partial charge is 0.411 e. The lowest BCUT2D eigenvalue weighted by Crippen LogP contribution is -2.40. The van der Waals surface area contributed by atoms with Crippen molar-refractivity contribution in [2.24, 2.45) is 0 Å². The van der Waals surface area contributed by atoms with Crippen LogP contribution in [-0.4, -0.2) is 19.1 Å². The van der Waals surface area contributed by atoms with Crippen LogP contribution in [0, 0.1) is 12.7 Å². The van der Waals surface area contributed by atoms with Crippen molar-refractivity contribution in [3.8, 4) is 0 Å². The van der Waals surface area contributed by atoms with E-state index in [1.807, 2.05) is 0 Å². The Hall–Kier alpha value is -1.07. The fourth-order valence-corrected chi connectivity index (χ4v) is 2.20. The van der Waals surface area contributed by atoms with Crippen LogP contribution >= 0.6 is 0 Å². The second kappa shape index (κ2) is 5.51. The Morgan fingerprint density at radius 1 is 1.47 bits per heavy atom. The Morgan fingerprint density at radius 2 is 2.05 bits per heavy atom. The number of nitrogens with zero attached hydrogens (tertiary/aromatic N) is 1. The van der Waals surface area contributed by atoms with Gasteiger partial charge >= 0.3 is 0 Å². The van der Waals surface area contributed by atoms with Crippen molar-refractivity contribution in [1.82, 2.24) is 4.98 Å². The number of aromatic nitrogens is 1. The average Bonchev–Trinajstić information content (AvgIpc) is 2.25. The van der Waals surface area contributed by atoms with Gasteiger partial charge in [0.25, 0.3) is 0 Å². The Morgan fingerprint density at radius 3 is 2.53 bits per heavy atom. The molecule has 0 spiro atoms. The maximum atomic E-state index is 14.0. The summed E-state index contributed by atoms with van der Waals surface area (Å²) in [4.78, 5) is 15.1. The molecule has 105 valence electrons. The van der Waals surface area contributed by atoms with Gasteiger partial charge < -0.3 is 4.43 Å². The minimum atomic E-state index is -1.96. The molecule has 0 atom stereocenters.